The fourth-order valence-electron chi connectivity index (χ4n) is 1.94. The molecule has 2 aromatic heterocycles. The predicted octanol–water partition coefficient (Wildman–Crippen LogP) is 3.24. The minimum Gasteiger partial charge on any atom is -0.305 e. The molecular weight excluding hydrogens is 242 g/mol. The third-order valence-electron chi connectivity index (χ3n) is 2.91. The summed E-state index contributed by atoms with van der Waals surface area (Å²) in [6.07, 6.45) is 6.89. The second kappa shape index (κ2) is 6.07. The van der Waals surface area contributed by atoms with Crippen molar-refractivity contribution < 1.29 is 0 Å². The molecule has 18 heavy (non-hydrogen) atoms. The molecule has 0 saturated carbocycles. The normalized spacial score (nSPS) is 12.6. The van der Waals surface area contributed by atoms with Gasteiger partial charge in [0.05, 0.1) is 11.0 Å². The Hall–Kier alpha value is -1.26. The van der Waals surface area contributed by atoms with E-state index in [1.807, 2.05) is 25.5 Å². The lowest BCUT2D eigenvalue weighted by Crippen LogP contribution is -2.23. The first kappa shape index (κ1) is 13.2. The van der Waals surface area contributed by atoms with E-state index in [0.29, 0.717) is 0 Å². The lowest BCUT2D eigenvalue weighted by Gasteiger charge is -2.18. The van der Waals surface area contributed by atoms with Crippen LogP contribution in [-0.4, -0.2) is 16.5 Å². The van der Waals surface area contributed by atoms with Gasteiger partial charge < -0.3 is 5.32 Å². The van der Waals surface area contributed by atoms with Crippen molar-refractivity contribution in [1.82, 2.24) is 15.3 Å². The van der Waals surface area contributed by atoms with Crippen molar-refractivity contribution in [3.63, 3.8) is 0 Å². The van der Waals surface area contributed by atoms with Gasteiger partial charge in [-0.05, 0) is 44.0 Å². The molecule has 0 radical (unpaired) electrons. The maximum atomic E-state index is 4.36. The van der Waals surface area contributed by atoms with E-state index in [9.17, 15) is 0 Å². The number of pyridine rings is 1. The molecule has 0 aliphatic carbocycles. The lowest BCUT2D eigenvalue weighted by molar-refractivity contribution is 0.601. The van der Waals surface area contributed by atoms with E-state index >= 15 is 0 Å². The molecule has 0 amide bonds. The van der Waals surface area contributed by atoms with E-state index in [1.165, 1.54) is 16.0 Å². The van der Waals surface area contributed by atoms with Crippen molar-refractivity contribution in [2.24, 2.45) is 0 Å². The second-order valence-electron chi connectivity index (χ2n) is 4.40. The van der Waals surface area contributed by atoms with Gasteiger partial charge in [-0.1, -0.05) is 6.92 Å². The number of hydrogen-bond donors (Lipinski definition) is 1. The number of hydrogen-bond acceptors (Lipinski definition) is 4. The highest BCUT2D eigenvalue weighted by Crippen LogP contribution is 2.28. The summed E-state index contributed by atoms with van der Waals surface area (Å²) in [6.45, 7) is 7.35. The molecule has 2 rings (SSSR count). The van der Waals surface area contributed by atoms with E-state index in [4.69, 9.17) is 0 Å². The highest BCUT2D eigenvalue weighted by Gasteiger charge is 2.17. The molecule has 0 aliphatic rings. The average Bonchev–Trinajstić information content (AvgIpc) is 2.78. The van der Waals surface area contributed by atoms with Crippen LogP contribution in [0.1, 0.15) is 40.4 Å². The van der Waals surface area contributed by atoms with Gasteiger partial charge in [-0.3, -0.25) is 4.98 Å². The third kappa shape index (κ3) is 2.94. The maximum Gasteiger partial charge on any atom is 0.0897 e. The van der Waals surface area contributed by atoms with Gasteiger partial charge in [-0.15, -0.1) is 11.3 Å². The van der Waals surface area contributed by atoms with Gasteiger partial charge in [0.1, 0.15) is 0 Å². The zero-order valence-electron chi connectivity index (χ0n) is 11.1. The van der Waals surface area contributed by atoms with E-state index in [2.05, 4.69) is 35.2 Å². The van der Waals surface area contributed by atoms with Crippen molar-refractivity contribution in [3.8, 4) is 0 Å². The molecule has 2 aromatic rings. The highest BCUT2D eigenvalue weighted by atomic mass is 32.1. The summed E-state index contributed by atoms with van der Waals surface area (Å²) in [6, 6.07) is 2.27. The Morgan fingerprint density at radius 1 is 1.33 bits per heavy atom. The lowest BCUT2D eigenvalue weighted by atomic mass is 10.0. The number of nitrogens with one attached hydrogen (secondary N) is 1. The average molecular weight is 261 g/mol. The molecule has 3 nitrogen and oxygen atoms in total. The van der Waals surface area contributed by atoms with Gasteiger partial charge in [0.2, 0.25) is 0 Å². The van der Waals surface area contributed by atoms with Gasteiger partial charge >= 0.3 is 0 Å². The minimum absolute atomic E-state index is 0.213. The number of aromatic nitrogens is 2. The number of thiazole rings is 1. The number of nitrogens with zero attached hydrogens (tertiary/aromatic N) is 2. The molecule has 0 aromatic carbocycles. The van der Waals surface area contributed by atoms with Gasteiger partial charge in [-0.2, -0.15) is 0 Å². The van der Waals surface area contributed by atoms with E-state index in [0.717, 1.165) is 18.0 Å². The summed E-state index contributed by atoms with van der Waals surface area (Å²) < 4.78 is 0. The highest BCUT2D eigenvalue weighted by molar-refractivity contribution is 7.11. The molecule has 1 unspecified atom stereocenters. The van der Waals surface area contributed by atoms with Crippen LogP contribution in [0.5, 0.6) is 0 Å². The number of aryl methyl sites for hydroxylation is 2. The topological polar surface area (TPSA) is 37.8 Å². The van der Waals surface area contributed by atoms with Crippen LogP contribution < -0.4 is 5.32 Å². The molecule has 1 N–H and O–H groups in total. The largest absolute Gasteiger partial charge is 0.305 e. The summed E-state index contributed by atoms with van der Waals surface area (Å²) in [4.78, 5) is 9.87. The predicted molar refractivity (Wildman–Crippen MR) is 76.0 cm³/mol. The van der Waals surface area contributed by atoms with Crippen molar-refractivity contribution in [1.29, 1.82) is 0 Å². The molecule has 96 valence electrons. The Morgan fingerprint density at radius 3 is 2.78 bits per heavy atom. The molecule has 0 fully saturated rings. The van der Waals surface area contributed by atoms with Gasteiger partial charge in [0, 0.05) is 23.5 Å². The first-order valence-electron chi connectivity index (χ1n) is 6.28. The Balaban J connectivity index is 2.33. The summed E-state index contributed by atoms with van der Waals surface area (Å²) in [7, 11) is 0. The summed E-state index contributed by atoms with van der Waals surface area (Å²) in [5, 5.41) is 4.69. The number of rotatable bonds is 5. The van der Waals surface area contributed by atoms with Crippen LogP contribution in [0, 0.1) is 13.8 Å². The maximum absolute atomic E-state index is 4.36. The van der Waals surface area contributed by atoms with Crippen LogP contribution in [0.3, 0.4) is 0 Å². The van der Waals surface area contributed by atoms with Crippen molar-refractivity contribution in [2.75, 3.05) is 6.54 Å². The SMILES string of the molecule is CCCNC(c1cnc(C)s1)c1cnccc1C. The zero-order chi connectivity index (χ0) is 13.0. The van der Waals surface area contributed by atoms with E-state index in [-0.39, 0.29) is 6.04 Å². The molecule has 0 spiro atoms. The standard InChI is InChI=1S/C14H19N3S/c1-4-6-16-14(13-9-17-11(3)18-13)12-8-15-7-5-10(12)2/h5,7-9,14,16H,4,6H2,1-3H3. The van der Waals surface area contributed by atoms with E-state index in [1.54, 1.807) is 11.3 Å². The fourth-order valence-corrected chi connectivity index (χ4v) is 2.82. The Labute approximate surface area is 112 Å². The Kier molecular flexibility index (Phi) is 4.44. The molecular formula is C14H19N3S. The monoisotopic (exact) mass is 261 g/mol. The first-order valence-corrected chi connectivity index (χ1v) is 7.10. The summed E-state index contributed by atoms with van der Waals surface area (Å²) in [5.74, 6) is 0. The molecule has 4 heteroatoms. The van der Waals surface area contributed by atoms with Gasteiger partial charge in [0.25, 0.3) is 0 Å². The Bertz CT molecular complexity index is 507. The molecule has 0 bridgehead atoms. The van der Waals surface area contributed by atoms with Crippen LogP contribution >= 0.6 is 11.3 Å². The van der Waals surface area contributed by atoms with Crippen LogP contribution in [0.15, 0.2) is 24.7 Å². The van der Waals surface area contributed by atoms with Crippen LogP contribution in [0.25, 0.3) is 0 Å². The molecule has 0 saturated heterocycles. The zero-order valence-corrected chi connectivity index (χ0v) is 11.9. The van der Waals surface area contributed by atoms with Crippen molar-refractivity contribution in [2.45, 2.75) is 33.2 Å². The van der Waals surface area contributed by atoms with Gasteiger partial charge in [-0.25, -0.2) is 4.98 Å². The molecule has 0 aliphatic heterocycles. The summed E-state index contributed by atoms with van der Waals surface area (Å²) in [5.41, 5.74) is 2.51. The quantitative estimate of drug-likeness (QED) is 0.898. The molecule has 2 heterocycles. The van der Waals surface area contributed by atoms with Crippen LogP contribution in [0.2, 0.25) is 0 Å². The summed E-state index contributed by atoms with van der Waals surface area (Å²) >= 11 is 1.75. The fraction of sp³-hybridized carbons (Fsp3) is 0.429. The molecule has 1 atom stereocenters. The smallest absolute Gasteiger partial charge is 0.0897 e. The van der Waals surface area contributed by atoms with E-state index < -0.39 is 0 Å². The third-order valence-corrected chi connectivity index (χ3v) is 3.89. The van der Waals surface area contributed by atoms with Gasteiger partial charge in [0.15, 0.2) is 0 Å². The van der Waals surface area contributed by atoms with Crippen molar-refractivity contribution >= 4 is 11.3 Å². The Morgan fingerprint density at radius 2 is 2.17 bits per heavy atom. The van der Waals surface area contributed by atoms with Crippen LogP contribution in [-0.2, 0) is 0 Å². The first-order chi connectivity index (χ1) is 8.72. The van der Waals surface area contributed by atoms with Crippen molar-refractivity contribution in [3.05, 3.63) is 45.7 Å². The second-order valence-corrected chi connectivity index (χ2v) is 5.67. The minimum atomic E-state index is 0.213. The van der Waals surface area contributed by atoms with Crippen LogP contribution in [0.4, 0.5) is 0 Å².